The molecule has 30 heavy (non-hydrogen) atoms. The van der Waals surface area contributed by atoms with Crippen molar-refractivity contribution in [1.82, 2.24) is 0 Å². The molecule has 0 radical (unpaired) electrons. The molecule has 0 bridgehead atoms. The Labute approximate surface area is 185 Å². The van der Waals surface area contributed by atoms with Crippen molar-refractivity contribution < 1.29 is 9.47 Å². The van der Waals surface area contributed by atoms with Crippen LogP contribution in [0.25, 0.3) is 0 Å². The maximum atomic E-state index is 6.46. The Kier molecular flexibility index (Phi) is 7.79. The van der Waals surface area contributed by atoms with E-state index in [4.69, 9.17) is 9.47 Å². The molecule has 0 spiro atoms. The lowest BCUT2D eigenvalue weighted by Crippen LogP contribution is -2.45. The highest BCUT2D eigenvalue weighted by atomic mass is 16.7. The molecule has 0 aromatic heterocycles. The normalized spacial score (nSPS) is 33.2. The predicted molar refractivity (Wildman–Crippen MR) is 125 cm³/mol. The highest BCUT2D eigenvalue weighted by Gasteiger charge is 2.46. The van der Waals surface area contributed by atoms with Gasteiger partial charge in [0.2, 0.25) is 0 Å². The molecular weight excluding hydrogens is 368 g/mol. The molecule has 0 amide bonds. The van der Waals surface area contributed by atoms with E-state index in [1.54, 1.807) is 0 Å². The first kappa shape index (κ1) is 22.2. The summed E-state index contributed by atoms with van der Waals surface area (Å²) < 4.78 is 12.6. The van der Waals surface area contributed by atoms with Gasteiger partial charge in [0.1, 0.15) is 5.75 Å². The number of hydrogen-bond donors (Lipinski definition) is 0. The van der Waals surface area contributed by atoms with Crippen LogP contribution < -0.4 is 4.74 Å². The standard InChI is InChI=1S/C28H44O2/c1-4-20(3)21-14-16-24(17-15-21)30-28(29-5-2)19-27-25-12-8-6-10-22(25)18-23-11-7-9-13-26(23)27/h14-17,20,22-23,25-28H,4-13,18-19H2,1-3H3. The Morgan fingerprint density at radius 1 is 0.867 bits per heavy atom. The molecule has 0 aliphatic heterocycles. The third-order valence-corrected chi connectivity index (χ3v) is 8.79. The number of hydrogen-bond acceptors (Lipinski definition) is 2. The van der Waals surface area contributed by atoms with Gasteiger partial charge < -0.3 is 9.47 Å². The van der Waals surface area contributed by atoms with E-state index in [2.05, 4.69) is 45.0 Å². The van der Waals surface area contributed by atoms with Crippen molar-refractivity contribution in [3.8, 4) is 5.75 Å². The van der Waals surface area contributed by atoms with Crippen LogP contribution in [0.4, 0.5) is 0 Å². The fraction of sp³-hybridized carbons (Fsp3) is 0.786. The van der Waals surface area contributed by atoms with E-state index in [-0.39, 0.29) is 6.29 Å². The van der Waals surface area contributed by atoms with Crippen molar-refractivity contribution in [2.24, 2.45) is 29.6 Å². The molecule has 3 aliphatic rings. The molecule has 4 rings (SSSR count). The van der Waals surface area contributed by atoms with Crippen LogP contribution in [0.1, 0.15) is 103 Å². The van der Waals surface area contributed by atoms with Crippen LogP contribution in [0.3, 0.4) is 0 Å². The number of fused-ring (bicyclic) bond motifs is 2. The number of ether oxygens (including phenoxy) is 2. The maximum absolute atomic E-state index is 6.46. The molecule has 3 saturated carbocycles. The minimum absolute atomic E-state index is 0.0994. The topological polar surface area (TPSA) is 18.5 Å². The summed E-state index contributed by atoms with van der Waals surface area (Å²) in [5.41, 5.74) is 1.40. The van der Waals surface area contributed by atoms with E-state index in [9.17, 15) is 0 Å². The van der Waals surface area contributed by atoms with Gasteiger partial charge in [0.15, 0.2) is 6.29 Å². The van der Waals surface area contributed by atoms with Gasteiger partial charge in [-0.2, -0.15) is 0 Å². The Morgan fingerprint density at radius 3 is 2.03 bits per heavy atom. The minimum atomic E-state index is -0.0994. The first-order valence-electron chi connectivity index (χ1n) is 13.1. The molecule has 6 atom stereocenters. The van der Waals surface area contributed by atoms with Crippen molar-refractivity contribution in [2.75, 3.05) is 6.61 Å². The Hall–Kier alpha value is -1.02. The van der Waals surface area contributed by atoms with Crippen molar-refractivity contribution in [3.63, 3.8) is 0 Å². The van der Waals surface area contributed by atoms with E-state index in [1.165, 1.54) is 69.8 Å². The number of benzene rings is 1. The fourth-order valence-electron chi connectivity index (χ4n) is 7.06. The molecule has 3 aliphatic carbocycles. The minimum Gasteiger partial charge on any atom is -0.465 e. The Morgan fingerprint density at radius 2 is 1.47 bits per heavy atom. The van der Waals surface area contributed by atoms with Crippen LogP contribution in [-0.2, 0) is 4.74 Å². The zero-order valence-corrected chi connectivity index (χ0v) is 19.7. The maximum Gasteiger partial charge on any atom is 0.200 e. The SMILES string of the molecule is CCOC(CC1C2CCCCC2CC2CCCCC21)Oc1ccc(C(C)CC)cc1. The second-order valence-corrected chi connectivity index (χ2v) is 10.4. The summed E-state index contributed by atoms with van der Waals surface area (Å²) in [6.07, 6.45) is 15.3. The zero-order chi connectivity index (χ0) is 20.9. The van der Waals surface area contributed by atoms with Crippen LogP contribution in [-0.4, -0.2) is 12.9 Å². The van der Waals surface area contributed by atoms with Gasteiger partial charge >= 0.3 is 0 Å². The summed E-state index contributed by atoms with van der Waals surface area (Å²) in [4.78, 5) is 0. The van der Waals surface area contributed by atoms with E-state index < -0.39 is 0 Å². The summed E-state index contributed by atoms with van der Waals surface area (Å²) in [5, 5.41) is 0. The number of rotatable bonds is 8. The third-order valence-electron chi connectivity index (χ3n) is 8.79. The molecule has 2 nitrogen and oxygen atoms in total. The zero-order valence-electron chi connectivity index (χ0n) is 19.7. The van der Waals surface area contributed by atoms with Crippen molar-refractivity contribution in [3.05, 3.63) is 29.8 Å². The van der Waals surface area contributed by atoms with Gasteiger partial charge in [-0.3, -0.25) is 0 Å². The molecule has 2 heteroatoms. The summed E-state index contributed by atoms with van der Waals surface area (Å²) >= 11 is 0. The molecule has 0 saturated heterocycles. The lowest BCUT2D eigenvalue weighted by atomic mass is 9.54. The predicted octanol–water partition coefficient (Wildman–Crippen LogP) is 7.96. The lowest BCUT2D eigenvalue weighted by molar-refractivity contribution is -0.117. The van der Waals surface area contributed by atoms with Gasteiger partial charge in [-0.15, -0.1) is 0 Å². The Balaban J connectivity index is 1.47. The van der Waals surface area contributed by atoms with Crippen molar-refractivity contribution in [2.45, 2.75) is 104 Å². The average molecular weight is 413 g/mol. The Bertz CT molecular complexity index is 617. The van der Waals surface area contributed by atoms with Crippen LogP contribution in [0, 0.1) is 29.6 Å². The summed E-state index contributed by atoms with van der Waals surface area (Å²) in [5.74, 6) is 6.15. The van der Waals surface area contributed by atoms with Crippen LogP contribution in [0.2, 0.25) is 0 Å². The van der Waals surface area contributed by atoms with Crippen LogP contribution in [0.5, 0.6) is 5.75 Å². The second kappa shape index (κ2) is 10.5. The van der Waals surface area contributed by atoms with Gasteiger partial charge in [0.25, 0.3) is 0 Å². The van der Waals surface area contributed by atoms with Gasteiger partial charge in [-0.05, 0) is 85.8 Å². The van der Waals surface area contributed by atoms with E-state index in [0.717, 1.165) is 48.4 Å². The quantitative estimate of drug-likeness (QED) is 0.403. The molecule has 0 N–H and O–H groups in total. The van der Waals surface area contributed by atoms with Crippen molar-refractivity contribution >= 4 is 0 Å². The third kappa shape index (κ3) is 5.06. The summed E-state index contributed by atoms with van der Waals surface area (Å²) in [7, 11) is 0. The monoisotopic (exact) mass is 412 g/mol. The highest BCUT2D eigenvalue weighted by molar-refractivity contribution is 5.29. The van der Waals surface area contributed by atoms with Crippen LogP contribution >= 0.6 is 0 Å². The van der Waals surface area contributed by atoms with Crippen molar-refractivity contribution in [1.29, 1.82) is 0 Å². The van der Waals surface area contributed by atoms with Gasteiger partial charge in [0, 0.05) is 13.0 Å². The second-order valence-electron chi connectivity index (χ2n) is 10.4. The van der Waals surface area contributed by atoms with E-state index >= 15 is 0 Å². The largest absolute Gasteiger partial charge is 0.465 e. The van der Waals surface area contributed by atoms with Gasteiger partial charge in [0.05, 0.1) is 0 Å². The summed E-state index contributed by atoms with van der Waals surface area (Å²) in [6, 6.07) is 8.78. The summed E-state index contributed by atoms with van der Waals surface area (Å²) in [6.45, 7) is 7.38. The lowest BCUT2D eigenvalue weighted by Gasteiger charge is -2.52. The molecular formula is C28H44O2. The van der Waals surface area contributed by atoms with Crippen LogP contribution in [0.15, 0.2) is 24.3 Å². The first-order chi connectivity index (χ1) is 14.7. The highest BCUT2D eigenvalue weighted by Crippen LogP contribution is 2.54. The molecule has 1 aromatic carbocycles. The first-order valence-corrected chi connectivity index (χ1v) is 13.1. The molecule has 0 heterocycles. The smallest absolute Gasteiger partial charge is 0.200 e. The van der Waals surface area contributed by atoms with E-state index in [0.29, 0.717) is 5.92 Å². The van der Waals surface area contributed by atoms with E-state index in [1.807, 2.05) is 0 Å². The fourth-order valence-corrected chi connectivity index (χ4v) is 7.06. The average Bonchev–Trinajstić information content (AvgIpc) is 2.79. The molecule has 1 aromatic rings. The molecule has 3 fully saturated rings. The molecule has 6 unspecified atom stereocenters. The molecule has 168 valence electrons. The van der Waals surface area contributed by atoms with Gasteiger partial charge in [-0.1, -0.05) is 64.5 Å². The van der Waals surface area contributed by atoms with Gasteiger partial charge in [-0.25, -0.2) is 0 Å².